The van der Waals surface area contributed by atoms with Crippen LogP contribution in [-0.4, -0.2) is 53.9 Å². The van der Waals surface area contributed by atoms with Crippen molar-refractivity contribution in [3.8, 4) is 22.6 Å². The number of amides is 1. The smallest absolute Gasteiger partial charge is 0.414 e. The minimum absolute atomic E-state index is 0.165. The van der Waals surface area contributed by atoms with E-state index >= 15 is 0 Å². The monoisotopic (exact) mass is 437 g/mol. The number of pyridine rings is 1. The van der Waals surface area contributed by atoms with Gasteiger partial charge in [-0.15, -0.1) is 15.3 Å². The normalized spacial score (nSPS) is 15.9. The number of ether oxygens (including phenoxy) is 1. The topological polar surface area (TPSA) is 131 Å². The zero-order valence-corrected chi connectivity index (χ0v) is 16.7. The van der Waals surface area contributed by atoms with Crippen molar-refractivity contribution in [1.82, 2.24) is 35.2 Å². The molecule has 0 bridgehead atoms. The van der Waals surface area contributed by atoms with Gasteiger partial charge in [-0.1, -0.05) is 5.21 Å². The molecule has 0 aliphatic carbocycles. The zero-order valence-electron chi connectivity index (χ0n) is 16.7. The van der Waals surface area contributed by atoms with Crippen molar-refractivity contribution in [3.05, 3.63) is 59.9 Å². The van der Waals surface area contributed by atoms with E-state index in [1.165, 1.54) is 40.3 Å². The number of aromatic nitrogens is 8. The minimum atomic E-state index is -0.583. The van der Waals surface area contributed by atoms with E-state index in [-0.39, 0.29) is 23.6 Å². The molecule has 0 N–H and O–H groups in total. The third-order valence-electron chi connectivity index (χ3n) is 4.96. The molecule has 1 fully saturated rings. The van der Waals surface area contributed by atoms with Gasteiger partial charge >= 0.3 is 6.09 Å². The Bertz CT molecular complexity index is 1290. The average Bonchev–Trinajstić information content (AvgIpc) is 3.50. The van der Waals surface area contributed by atoms with E-state index in [0.29, 0.717) is 22.5 Å². The van der Waals surface area contributed by atoms with Crippen molar-refractivity contribution in [2.45, 2.75) is 12.6 Å². The molecule has 12 nitrogen and oxygen atoms in total. The van der Waals surface area contributed by atoms with Crippen molar-refractivity contribution in [2.75, 3.05) is 11.4 Å². The Kier molecular flexibility index (Phi) is 4.69. The van der Waals surface area contributed by atoms with Gasteiger partial charge in [0.1, 0.15) is 11.9 Å². The molecule has 1 aromatic carbocycles. The van der Waals surface area contributed by atoms with Crippen LogP contribution < -0.4 is 9.63 Å². The van der Waals surface area contributed by atoms with Crippen LogP contribution in [-0.2, 0) is 18.3 Å². The molecule has 0 saturated carbocycles. The Morgan fingerprint density at radius 1 is 1.28 bits per heavy atom. The maximum absolute atomic E-state index is 14.9. The lowest BCUT2D eigenvalue weighted by Crippen LogP contribution is -2.29. The summed E-state index contributed by atoms with van der Waals surface area (Å²) in [7, 11) is 1.59. The average molecular weight is 437 g/mol. The summed E-state index contributed by atoms with van der Waals surface area (Å²) in [6.07, 6.45) is 3.43. The summed E-state index contributed by atoms with van der Waals surface area (Å²) in [5.74, 6) is -0.418. The fourth-order valence-corrected chi connectivity index (χ4v) is 3.47. The van der Waals surface area contributed by atoms with Crippen molar-refractivity contribution in [2.24, 2.45) is 7.05 Å². The molecule has 162 valence electrons. The van der Waals surface area contributed by atoms with Crippen LogP contribution >= 0.6 is 0 Å². The molecule has 13 heteroatoms. The molecule has 1 aliphatic heterocycles. The largest absolute Gasteiger partial charge is 0.618 e. The zero-order chi connectivity index (χ0) is 22.2. The first-order valence-electron chi connectivity index (χ1n) is 9.58. The molecule has 0 radical (unpaired) electrons. The van der Waals surface area contributed by atoms with Gasteiger partial charge in [-0.05, 0) is 29.5 Å². The van der Waals surface area contributed by atoms with Crippen LogP contribution in [0.2, 0.25) is 0 Å². The second-order valence-corrected chi connectivity index (χ2v) is 7.14. The maximum atomic E-state index is 14.9. The first kappa shape index (κ1) is 19.5. The highest BCUT2D eigenvalue weighted by Gasteiger charge is 2.33. The van der Waals surface area contributed by atoms with E-state index in [4.69, 9.17) is 4.74 Å². The Balaban J connectivity index is 1.36. The van der Waals surface area contributed by atoms with Crippen molar-refractivity contribution in [1.29, 1.82) is 0 Å². The Morgan fingerprint density at radius 2 is 2.16 bits per heavy atom. The second kappa shape index (κ2) is 7.68. The van der Waals surface area contributed by atoms with Gasteiger partial charge in [0, 0.05) is 23.4 Å². The number of tetrazole rings is 1. The van der Waals surface area contributed by atoms with E-state index in [9.17, 15) is 14.4 Å². The highest BCUT2D eigenvalue weighted by Crippen LogP contribution is 2.29. The summed E-state index contributed by atoms with van der Waals surface area (Å²) in [6, 6.07) is 7.44. The van der Waals surface area contributed by atoms with Gasteiger partial charge in [-0.3, -0.25) is 4.90 Å². The Hall–Kier alpha value is -4.42. The summed E-state index contributed by atoms with van der Waals surface area (Å²) >= 11 is 0. The molecule has 32 heavy (non-hydrogen) atoms. The molecule has 3 aromatic heterocycles. The molecule has 1 atom stereocenters. The van der Waals surface area contributed by atoms with Crippen LogP contribution in [0.15, 0.2) is 48.9 Å². The first-order chi connectivity index (χ1) is 15.5. The number of halogens is 1. The standard InChI is InChI=1S/C19H16FN9O3/c1-26-23-18(22-25-26)17-5-2-12(9-29(17)31)15-4-3-13(8-16(15)20)28-11-14(32-19(28)30)10-27-7-6-21-24-27/h2-9,14H,10-11H2,1H3/t14-/m0/s1. The maximum Gasteiger partial charge on any atom is 0.414 e. The number of cyclic esters (lactones) is 1. The number of anilines is 1. The molecule has 1 amide bonds. The summed E-state index contributed by atoms with van der Waals surface area (Å²) in [5.41, 5.74) is 1.12. The quantitative estimate of drug-likeness (QED) is 0.333. The van der Waals surface area contributed by atoms with Gasteiger partial charge < -0.3 is 9.94 Å². The predicted octanol–water partition coefficient (Wildman–Crippen LogP) is 0.933. The lowest BCUT2D eigenvalue weighted by Gasteiger charge is -2.14. The molecule has 4 heterocycles. The number of rotatable bonds is 5. The van der Waals surface area contributed by atoms with Gasteiger partial charge in [-0.25, -0.2) is 13.9 Å². The van der Waals surface area contributed by atoms with Gasteiger partial charge in [0.25, 0.3) is 11.5 Å². The summed E-state index contributed by atoms with van der Waals surface area (Å²) in [4.78, 5) is 14.9. The molecular formula is C19H16FN9O3. The van der Waals surface area contributed by atoms with E-state index in [1.54, 1.807) is 30.1 Å². The summed E-state index contributed by atoms with van der Waals surface area (Å²) < 4.78 is 22.4. The SMILES string of the molecule is Cn1nnc(-c2ccc(-c3ccc(N4C[C@H](Cn5ccnn5)OC4=O)cc3F)c[n+]2[O-])n1. The molecule has 0 unspecified atom stereocenters. The van der Waals surface area contributed by atoms with Crippen molar-refractivity contribution in [3.63, 3.8) is 0 Å². The fourth-order valence-electron chi connectivity index (χ4n) is 3.47. The molecular weight excluding hydrogens is 421 g/mol. The third kappa shape index (κ3) is 3.59. The number of nitrogens with zero attached hydrogens (tertiary/aromatic N) is 9. The minimum Gasteiger partial charge on any atom is -0.618 e. The van der Waals surface area contributed by atoms with Crippen LogP contribution in [0, 0.1) is 11.0 Å². The number of benzene rings is 1. The molecule has 5 rings (SSSR count). The van der Waals surface area contributed by atoms with Crippen molar-refractivity contribution < 1.29 is 18.7 Å². The van der Waals surface area contributed by atoms with Crippen LogP contribution in [0.1, 0.15) is 0 Å². The van der Waals surface area contributed by atoms with Gasteiger partial charge in [0.05, 0.1) is 32.0 Å². The second-order valence-electron chi connectivity index (χ2n) is 7.14. The van der Waals surface area contributed by atoms with Crippen LogP contribution in [0.5, 0.6) is 0 Å². The van der Waals surface area contributed by atoms with Crippen molar-refractivity contribution >= 4 is 11.8 Å². The van der Waals surface area contributed by atoms with Gasteiger partial charge in [-0.2, -0.15) is 9.53 Å². The summed E-state index contributed by atoms with van der Waals surface area (Å²) in [6.45, 7) is 0.594. The van der Waals surface area contributed by atoms with E-state index in [2.05, 4.69) is 25.7 Å². The number of carbonyl (C=O) groups is 1. The number of hydrogen-bond donors (Lipinski definition) is 0. The van der Waals surface area contributed by atoms with E-state index in [0.717, 1.165) is 0 Å². The lowest BCUT2D eigenvalue weighted by molar-refractivity contribution is -0.593. The van der Waals surface area contributed by atoms with E-state index < -0.39 is 18.0 Å². The fraction of sp³-hybridized carbons (Fsp3) is 0.211. The van der Waals surface area contributed by atoms with Crippen LogP contribution in [0.3, 0.4) is 0 Å². The number of carbonyl (C=O) groups excluding carboxylic acids is 1. The predicted molar refractivity (Wildman–Crippen MR) is 106 cm³/mol. The highest BCUT2D eigenvalue weighted by atomic mass is 19.1. The lowest BCUT2D eigenvalue weighted by atomic mass is 10.1. The Labute approximate surface area is 180 Å². The van der Waals surface area contributed by atoms with Gasteiger partial charge in [0.15, 0.2) is 6.20 Å². The van der Waals surface area contributed by atoms with Crippen LogP contribution in [0.4, 0.5) is 14.9 Å². The number of aryl methyl sites for hydroxylation is 1. The first-order valence-corrected chi connectivity index (χ1v) is 9.58. The molecule has 1 aliphatic rings. The Morgan fingerprint density at radius 3 is 2.84 bits per heavy atom. The van der Waals surface area contributed by atoms with Crippen LogP contribution in [0.25, 0.3) is 22.6 Å². The van der Waals surface area contributed by atoms with E-state index in [1.807, 2.05) is 0 Å². The summed E-state index contributed by atoms with van der Waals surface area (Å²) in [5, 5.41) is 31.5. The van der Waals surface area contributed by atoms with Gasteiger partial charge in [0.2, 0.25) is 0 Å². The molecule has 4 aromatic rings. The molecule has 0 spiro atoms. The third-order valence-corrected chi connectivity index (χ3v) is 4.96. The number of hydrogen-bond acceptors (Lipinski definition) is 8. The molecule has 1 saturated heterocycles. The highest BCUT2D eigenvalue weighted by molar-refractivity contribution is 5.90.